The van der Waals surface area contributed by atoms with Gasteiger partial charge >= 0.3 is 5.97 Å². The molecule has 7 nitrogen and oxygen atoms in total. The zero-order valence-electron chi connectivity index (χ0n) is 12.8. The molecule has 0 fully saturated rings. The second-order valence-corrected chi connectivity index (χ2v) is 4.09. The first kappa shape index (κ1) is 17.8. The van der Waals surface area contributed by atoms with Crippen LogP contribution in [0.15, 0.2) is 18.2 Å². The summed E-state index contributed by atoms with van der Waals surface area (Å²) in [7, 11) is 4.55. The highest BCUT2D eigenvalue weighted by Crippen LogP contribution is 2.38. The molecule has 0 saturated carbocycles. The molecule has 0 radical (unpaired) electrons. The van der Waals surface area contributed by atoms with Crippen molar-refractivity contribution in [1.29, 1.82) is 0 Å². The van der Waals surface area contributed by atoms with Crippen LogP contribution >= 0.6 is 0 Å². The smallest absolute Gasteiger partial charge is 0.328 e. The standard InChI is InChI=1S/C15H20O7/c1-18-6-7-21-10-22-15-12(19-2)8-11(4-5-14(16)17)9-13(15)20-3/h4-5,8-9H,6-7,10H2,1-3H3,(H,16,17)/b5-4+. The molecule has 1 aromatic carbocycles. The molecule has 122 valence electrons. The average Bonchev–Trinajstić information content (AvgIpc) is 2.52. The molecular weight excluding hydrogens is 292 g/mol. The fraction of sp³-hybridized carbons (Fsp3) is 0.400. The van der Waals surface area contributed by atoms with Gasteiger partial charge in [0.2, 0.25) is 5.75 Å². The van der Waals surface area contributed by atoms with Crippen LogP contribution in [0.2, 0.25) is 0 Å². The minimum atomic E-state index is -1.04. The average molecular weight is 312 g/mol. The van der Waals surface area contributed by atoms with Gasteiger partial charge in [0.25, 0.3) is 0 Å². The summed E-state index contributed by atoms with van der Waals surface area (Å²) in [4.78, 5) is 10.6. The van der Waals surface area contributed by atoms with E-state index in [1.807, 2.05) is 0 Å². The zero-order valence-corrected chi connectivity index (χ0v) is 12.8. The Balaban J connectivity index is 2.88. The van der Waals surface area contributed by atoms with Gasteiger partial charge in [0.15, 0.2) is 18.3 Å². The molecule has 7 heteroatoms. The van der Waals surface area contributed by atoms with Crippen molar-refractivity contribution in [2.75, 3.05) is 41.3 Å². The Morgan fingerprint density at radius 3 is 2.27 bits per heavy atom. The lowest BCUT2D eigenvalue weighted by molar-refractivity contribution is -0.131. The summed E-state index contributed by atoms with van der Waals surface area (Å²) < 4.78 is 26.1. The highest BCUT2D eigenvalue weighted by molar-refractivity contribution is 5.85. The van der Waals surface area contributed by atoms with Crippen LogP contribution in [0.3, 0.4) is 0 Å². The van der Waals surface area contributed by atoms with E-state index in [9.17, 15) is 4.79 Å². The summed E-state index contributed by atoms with van der Waals surface area (Å²) in [6.45, 7) is 0.886. The fourth-order valence-corrected chi connectivity index (χ4v) is 1.61. The summed E-state index contributed by atoms with van der Waals surface area (Å²) >= 11 is 0. The summed E-state index contributed by atoms with van der Waals surface area (Å²) in [5.41, 5.74) is 0.615. The minimum Gasteiger partial charge on any atom is -0.493 e. The highest BCUT2D eigenvalue weighted by Gasteiger charge is 2.13. The van der Waals surface area contributed by atoms with Crippen molar-refractivity contribution in [2.45, 2.75) is 0 Å². The molecule has 0 saturated heterocycles. The predicted octanol–water partition coefficient (Wildman–Crippen LogP) is 1.80. The van der Waals surface area contributed by atoms with Gasteiger partial charge in [-0.1, -0.05) is 0 Å². The van der Waals surface area contributed by atoms with Gasteiger partial charge in [0.05, 0.1) is 27.4 Å². The van der Waals surface area contributed by atoms with E-state index < -0.39 is 5.97 Å². The van der Waals surface area contributed by atoms with Crippen molar-refractivity contribution in [1.82, 2.24) is 0 Å². The number of carboxylic acid groups (broad SMARTS) is 1. The molecule has 0 amide bonds. The number of ether oxygens (including phenoxy) is 5. The number of carboxylic acids is 1. The second-order valence-electron chi connectivity index (χ2n) is 4.09. The molecule has 1 aromatic rings. The van der Waals surface area contributed by atoms with Crippen molar-refractivity contribution in [3.05, 3.63) is 23.8 Å². The summed E-state index contributed by atoms with van der Waals surface area (Å²) in [5.74, 6) is 0.180. The predicted molar refractivity (Wildman–Crippen MR) is 79.5 cm³/mol. The van der Waals surface area contributed by atoms with Gasteiger partial charge in [-0.2, -0.15) is 0 Å². The van der Waals surface area contributed by atoms with Gasteiger partial charge in [-0.25, -0.2) is 4.79 Å². The third-order valence-electron chi connectivity index (χ3n) is 2.62. The number of methoxy groups -OCH3 is 3. The third kappa shape index (κ3) is 5.63. The number of aliphatic carboxylic acids is 1. The molecule has 0 bridgehead atoms. The molecule has 1 rings (SSSR count). The van der Waals surface area contributed by atoms with E-state index in [4.69, 9.17) is 28.8 Å². The van der Waals surface area contributed by atoms with Crippen molar-refractivity contribution >= 4 is 12.0 Å². The summed E-state index contributed by atoms with van der Waals surface area (Å²) in [5, 5.41) is 8.67. The van der Waals surface area contributed by atoms with Gasteiger partial charge in [0.1, 0.15) is 0 Å². The van der Waals surface area contributed by atoms with Gasteiger partial charge in [0, 0.05) is 13.2 Å². The second kappa shape index (κ2) is 9.64. The van der Waals surface area contributed by atoms with E-state index in [-0.39, 0.29) is 6.79 Å². The van der Waals surface area contributed by atoms with E-state index in [2.05, 4.69) is 0 Å². The summed E-state index contributed by atoms with van der Waals surface area (Å²) in [6, 6.07) is 3.29. The van der Waals surface area contributed by atoms with E-state index >= 15 is 0 Å². The first-order chi connectivity index (χ1) is 10.6. The van der Waals surface area contributed by atoms with E-state index in [0.29, 0.717) is 36.0 Å². The maximum absolute atomic E-state index is 10.6. The van der Waals surface area contributed by atoms with Gasteiger partial charge < -0.3 is 28.8 Å². The highest BCUT2D eigenvalue weighted by atomic mass is 16.7. The fourth-order valence-electron chi connectivity index (χ4n) is 1.61. The molecular formula is C15H20O7. The minimum absolute atomic E-state index is 0.0143. The topological polar surface area (TPSA) is 83.5 Å². The number of hydrogen-bond acceptors (Lipinski definition) is 6. The number of carbonyl (C=O) groups is 1. The van der Waals surface area contributed by atoms with Crippen LogP contribution in [0.25, 0.3) is 6.08 Å². The summed E-state index contributed by atoms with van der Waals surface area (Å²) in [6.07, 6.45) is 2.47. The van der Waals surface area contributed by atoms with Gasteiger partial charge in [-0.3, -0.25) is 0 Å². The van der Waals surface area contributed by atoms with Gasteiger partial charge in [-0.15, -0.1) is 0 Å². The van der Waals surface area contributed by atoms with Crippen LogP contribution in [0, 0.1) is 0 Å². The zero-order chi connectivity index (χ0) is 16.4. The molecule has 0 aliphatic rings. The first-order valence-electron chi connectivity index (χ1n) is 6.48. The number of rotatable bonds is 10. The molecule has 0 heterocycles. The molecule has 0 aromatic heterocycles. The molecule has 0 spiro atoms. The SMILES string of the molecule is COCCOCOc1c(OC)cc(/C=C/C(=O)O)cc1OC. The Morgan fingerprint density at radius 1 is 1.14 bits per heavy atom. The molecule has 22 heavy (non-hydrogen) atoms. The molecule has 1 N–H and O–H groups in total. The normalized spacial score (nSPS) is 10.7. The van der Waals surface area contributed by atoms with Gasteiger partial charge in [-0.05, 0) is 23.8 Å². The van der Waals surface area contributed by atoms with Crippen LogP contribution in [-0.4, -0.2) is 52.4 Å². The maximum Gasteiger partial charge on any atom is 0.328 e. The van der Waals surface area contributed by atoms with Crippen LogP contribution in [-0.2, 0) is 14.3 Å². The Morgan fingerprint density at radius 2 is 1.77 bits per heavy atom. The Bertz CT molecular complexity index is 486. The Hall–Kier alpha value is -2.25. The van der Waals surface area contributed by atoms with Crippen LogP contribution < -0.4 is 14.2 Å². The van der Waals surface area contributed by atoms with E-state index in [0.717, 1.165) is 6.08 Å². The largest absolute Gasteiger partial charge is 0.493 e. The van der Waals surface area contributed by atoms with Crippen LogP contribution in [0.1, 0.15) is 5.56 Å². The monoisotopic (exact) mass is 312 g/mol. The lowest BCUT2D eigenvalue weighted by atomic mass is 10.1. The number of hydrogen-bond donors (Lipinski definition) is 1. The molecule has 0 aliphatic carbocycles. The quantitative estimate of drug-likeness (QED) is 0.400. The molecule has 0 atom stereocenters. The van der Waals surface area contributed by atoms with E-state index in [1.165, 1.54) is 20.3 Å². The number of benzene rings is 1. The third-order valence-corrected chi connectivity index (χ3v) is 2.62. The molecule has 0 unspecified atom stereocenters. The molecule has 0 aliphatic heterocycles. The lowest BCUT2D eigenvalue weighted by Crippen LogP contribution is -2.09. The van der Waals surface area contributed by atoms with E-state index in [1.54, 1.807) is 19.2 Å². The van der Waals surface area contributed by atoms with Crippen LogP contribution in [0.5, 0.6) is 17.2 Å². The van der Waals surface area contributed by atoms with Crippen molar-refractivity contribution in [3.8, 4) is 17.2 Å². The lowest BCUT2D eigenvalue weighted by Gasteiger charge is -2.15. The Labute approximate surface area is 129 Å². The Kier molecular flexibility index (Phi) is 7.80. The van der Waals surface area contributed by atoms with Crippen molar-refractivity contribution in [3.63, 3.8) is 0 Å². The van der Waals surface area contributed by atoms with Crippen LogP contribution in [0.4, 0.5) is 0 Å². The van der Waals surface area contributed by atoms with Crippen molar-refractivity contribution in [2.24, 2.45) is 0 Å². The first-order valence-corrected chi connectivity index (χ1v) is 6.48. The van der Waals surface area contributed by atoms with Crippen molar-refractivity contribution < 1.29 is 33.6 Å². The maximum atomic E-state index is 10.6.